The molecule has 1 aliphatic heterocycles. The van der Waals surface area contributed by atoms with E-state index in [1.807, 2.05) is 0 Å². The van der Waals surface area contributed by atoms with Crippen molar-refractivity contribution in [3.8, 4) is 0 Å². The molecule has 3 atom stereocenters. The van der Waals surface area contributed by atoms with Gasteiger partial charge in [0.1, 0.15) is 0 Å². The predicted molar refractivity (Wildman–Crippen MR) is 49.0 cm³/mol. The molecular formula is C10H20O2. The Balaban J connectivity index is 2.29. The summed E-state index contributed by atoms with van der Waals surface area (Å²) in [6.07, 6.45) is 3.17. The van der Waals surface area contributed by atoms with Gasteiger partial charge in [-0.25, -0.2) is 0 Å². The van der Waals surface area contributed by atoms with E-state index in [0.29, 0.717) is 11.8 Å². The van der Waals surface area contributed by atoms with E-state index in [0.717, 1.165) is 32.5 Å². The lowest BCUT2D eigenvalue weighted by molar-refractivity contribution is 0.0460. The van der Waals surface area contributed by atoms with E-state index in [-0.39, 0.29) is 6.10 Å². The maximum atomic E-state index is 9.87. The molecule has 1 aliphatic rings. The van der Waals surface area contributed by atoms with Gasteiger partial charge in [-0.15, -0.1) is 0 Å². The minimum absolute atomic E-state index is 0.146. The van der Waals surface area contributed by atoms with Gasteiger partial charge in [-0.2, -0.15) is 0 Å². The molecule has 12 heavy (non-hydrogen) atoms. The Kier molecular flexibility index (Phi) is 4.02. The summed E-state index contributed by atoms with van der Waals surface area (Å²) in [5, 5.41) is 9.87. The highest BCUT2D eigenvalue weighted by molar-refractivity contribution is 4.76. The summed E-state index contributed by atoms with van der Waals surface area (Å²) in [6, 6.07) is 0. The molecular weight excluding hydrogens is 152 g/mol. The zero-order valence-electron chi connectivity index (χ0n) is 8.12. The highest BCUT2D eigenvalue weighted by Gasteiger charge is 2.27. The number of aliphatic hydroxyl groups is 1. The van der Waals surface area contributed by atoms with Crippen LogP contribution in [0.5, 0.6) is 0 Å². The van der Waals surface area contributed by atoms with Crippen LogP contribution in [0.4, 0.5) is 0 Å². The quantitative estimate of drug-likeness (QED) is 0.701. The minimum atomic E-state index is -0.146. The third-order valence-electron chi connectivity index (χ3n) is 2.77. The van der Waals surface area contributed by atoms with Crippen molar-refractivity contribution < 1.29 is 9.84 Å². The molecule has 0 spiro atoms. The molecule has 0 saturated carbocycles. The summed E-state index contributed by atoms with van der Waals surface area (Å²) in [4.78, 5) is 0. The Bertz CT molecular complexity index is 119. The van der Waals surface area contributed by atoms with Crippen LogP contribution in [0.1, 0.15) is 33.1 Å². The van der Waals surface area contributed by atoms with E-state index < -0.39 is 0 Å². The van der Waals surface area contributed by atoms with Crippen LogP contribution >= 0.6 is 0 Å². The molecule has 0 aliphatic carbocycles. The molecule has 0 aromatic rings. The smallest absolute Gasteiger partial charge is 0.0616 e. The SMILES string of the molecule is CCCC(C)C(O)C1CCOC1. The summed E-state index contributed by atoms with van der Waals surface area (Å²) in [6.45, 7) is 5.89. The predicted octanol–water partition coefficient (Wildman–Crippen LogP) is 1.82. The highest BCUT2D eigenvalue weighted by Crippen LogP contribution is 2.24. The van der Waals surface area contributed by atoms with Crippen LogP contribution < -0.4 is 0 Å². The fraction of sp³-hybridized carbons (Fsp3) is 1.00. The molecule has 3 unspecified atom stereocenters. The molecule has 0 amide bonds. The van der Waals surface area contributed by atoms with Gasteiger partial charge < -0.3 is 9.84 Å². The van der Waals surface area contributed by atoms with Gasteiger partial charge in [-0.1, -0.05) is 20.3 Å². The Labute approximate surface area is 74.9 Å². The first-order valence-corrected chi connectivity index (χ1v) is 5.01. The fourth-order valence-corrected chi connectivity index (χ4v) is 1.91. The second-order valence-corrected chi connectivity index (χ2v) is 3.88. The highest BCUT2D eigenvalue weighted by atomic mass is 16.5. The average molecular weight is 172 g/mol. The molecule has 2 heteroatoms. The lowest BCUT2D eigenvalue weighted by atomic mass is 9.89. The lowest BCUT2D eigenvalue weighted by Crippen LogP contribution is -2.27. The summed E-state index contributed by atoms with van der Waals surface area (Å²) < 4.78 is 5.25. The van der Waals surface area contributed by atoms with E-state index in [4.69, 9.17) is 4.74 Å². The van der Waals surface area contributed by atoms with Crippen molar-refractivity contribution in [2.24, 2.45) is 11.8 Å². The fourth-order valence-electron chi connectivity index (χ4n) is 1.91. The van der Waals surface area contributed by atoms with Gasteiger partial charge in [0.05, 0.1) is 12.7 Å². The van der Waals surface area contributed by atoms with Gasteiger partial charge in [0.25, 0.3) is 0 Å². The van der Waals surface area contributed by atoms with E-state index in [2.05, 4.69) is 13.8 Å². The van der Waals surface area contributed by atoms with Gasteiger partial charge in [-0.3, -0.25) is 0 Å². The first-order chi connectivity index (χ1) is 5.75. The molecule has 0 aromatic heterocycles. The minimum Gasteiger partial charge on any atom is -0.392 e. The Morgan fingerprint density at radius 2 is 2.33 bits per heavy atom. The van der Waals surface area contributed by atoms with Crippen LogP contribution in [0.15, 0.2) is 0 Å². The second-order valence-electron chi connectivity index (χ2n) is 3.88. The van der Waals surface area contributed by atoms with Crippen molar-refractivity contribution >= 4 is 0 Å². The summed E-state index contributed by atoms with van der Waals surface area (Å²) in [5.74, 6) is 0.827. The first-order valence-electron chi connectivity index (χ1n) is 5.01. The van der Waals surface area contributed by atoms with Crippen LogP contribution in [-0.2, 0) is 4.74 Å². The number of ether oxygens (including phenoxy) is 1. The van der Waals surface area contributed by atoms with E-state index in [1.165, 1.54) is 0 Å². The Hall–Kier alpha value is -0.0800. The third kappa shape index (κ3) is 2.46. The Morgan fingerprint density at radius 3 is 2.83 bits per heavy atom. The van der Waals surface area contributed by atoms with E-state index in [9.17, 15) is 5.11 Å². The molecule has 72 valence electrons. The van der Waals surface area contributed by atoms with Crippen LogP contribution in [0.25, 0.3) is 0 Å². The molecule has 1 heterocycles. The molecule has 1 N–H and O–H groups in total. The zero-order chi connectivity index (χ0) is 8.97. The van der Waals surface area contributed by atoms with Gasteiger partial charge in [-0.05, 0) is 18.8 Å². The zero-order valence-corrected chi connectivity index (χ0v) is 8.12. The molecule has 0 aromatic carbocycles. The van der Waals surface area contributed by atoms with Crippen molar-refractivity contribution in [1.82, 2.24) is 0 Å². The van der Waals surface area contributed by atoms with Gasteiger partial charge >= 0.3 is 0 Å². The Morgan fingerprint density at radius 1 is 1.58 bits per heavy atom. The third-order valence-corrected chi connectivity index (χ3v) is 2.77. The van der Waals surface area contributed by atoms with E-state index >= 15 is 0 Å². The summed E-state index contributed by atoms with van der Waals surface area (Å²) >= 11 is 0. The van der Waals surface area contributed by atoms with E-state index in [1.54, 1.807) is 0 Å². The molecule has 0 radical (unpaired) electrons. The van der Waals surface area contributed by atoms with Crippen molar-refractivity contribution in [3.63, 3.8) is 0 Å². The number of aliphatic hydroxyl groups excluding tert-OH is 1. The number of hydrogen-bond acceptors (Lipinski definition) is 2. The second kappa shape index (κ2) is 4.83. The molecule has 1 saturated heterocycles. The number of rotatable bonds is 4. The van der Waals surface area contributed by atoms with Crippen molar-refractivity contribution in [2.45, 2.75) is 39.2 Å². The summed E-state index contributed by atoms with van der Waals surface area (Å²) in [5.41, 5.74) is 0. The summed E-state index contributed by atoms with van der Waals surface area (Å²) in [7, 11) is 0. The normalized spacial score (nSPS) is 28.8. The van der Waals surface area contributed by atoms with Gasteiger partial charge in [0, 0.05) is 12.5 Å². The average Bonchev–Trinajstić information content (AvgIpc) is 2.55. The van der Waals surface area contributed by atoms with Crippen LogP contribution in [0.3, 0.4) is 0 Å². The van der Waals surface area contributed by atoms with Crippen molar-refractivity contribution in [3.05, 3.63) is 0 Å². The first kappa shape index (κ1) is 10.0. The van der Waals surface area contributed by atoms with Crippen LogP contribution in [0, 0.1) is 11.8 Å². The lowest BCUT2D eigenvalue weighted by Gasteiger charge is -2.22. The van der Waals surface area contributed by atoms with Gasteiger partial charge in [0.15, 0.2) is 0 Å². The molecule has 1 fully saturated rings. The standard InChI is InChI=1S/C10H20O2/c1-3-4-8(2)10(11)9-5-6-12-7-9/h8-11H,3-7H2,1-2H3. The maximum absolute atomic E-state index is 9.87. The van der Waals surface area contributed by atoms with Crippen molar-refractivity contribution in [1.29, 1.82) is 0 Å². The molecule has 0 bridgehead atoms. The van der Waals surface area contributed by atoms with Crippen molar-refractivity contribution in [2.75, 3.05) is 13.2 Å². The number of hydrogen-bond donors (Lipinski definition) is 1. The monoisotopic (exact) mass is 172 g/mol. The molecule has 1 rings (SSSR count). The molecule has 2 nitrogen and oxygen atoms in total. The maximum Gasteiger partial charge on any atom is 0.0616 e. The van der Waals surface area contributed by atoms with Crippen LogP contribution in [-0.4, -0.2) is 24.4 Å². The largest absolute Gasteiger partial charge is 0.392 e. The topological polar surface area (TPSA) is 29.5 Å². The van der Waals surface area contributed by atoms with Crippen LogP contribution in [0.2, 0.25) is 0 Å². The van der Waals surface area contributed by atoms with Gasteiger partial charge in [0.2, 0.25) is 0 Å².